The van der Waals surface area contributed by atoms with Gasteiger partial charge >= 0.3 is 0 Å². The molecule has 0 bridgehead atoms. The number of rotatable bonds is 0. The zero-order chi connectivity index (χ0) is 44.6. The minimum atomic E-state index is -0.290. The zero-order valence-corrected chi connectivity index (χ0v) is 35.2. The Morgan fingerprint density at radius 2 is 0.645 bits per heavy atom. The first-order valence-electron chi connectivity index (χ1n) is 19.9. The number of benzene rings is 6. The summed E-state index contributed by atoms with van der Waals surface area (Å²) in [6.07, 6.45) is 0. The summed E-state index contributed by atoms with van der Waals surface area (Å²) in [7, 11) is 0. The van der Waals surface area contributed by atoms with E-state index in [1.165, 1.54) is 18.2 Å². The minimum absolute atomic E-state index is 0. The lowest BCUT2D eigenvalue weighted by Gasteiger charge is -2.19. The van der Waals surface area contributed by atoms with Crippen molar-refractivity contribution in [1.82, 2.24) is 0 Å². The van der Waals surface area contributed by atoms with Crippen molar-refractivity contribution in [2.45, 2.75) is 77.2 Å². The van der Waals surface area contributed by atoms with Gasteiger partial charge < -0.3 is 15.3 Å². The first-order chi connectivity index (χ1) is 28.8. The number of hydrogen-bond acceptors (Lipinski definition) is 9. The van der Waals surface area contributed by atoms with Crippen LogP contribution in [0.5, 0.6) is 17.2 Å². The Kier molecular flexibility index (Phi) is 17.9. The van der Waals surface area contributed by atoms with Crippen LogP contribution in [0.3, 0.4) is 0 Å². The smallest absolute Gasteiger partial charge is 0.198 e. The Morgan fingerprint density at radius 1 is 0.323 bits per heavy atom. The molecule has 0 aliphatic heterocycles. The second-order valence-corrected chi connectivity index (χ2v) is 13.1. The van der Waals surface area contributed by atoms with E-state index in [9.17, 15) is 44.1 Å². The highest BCUT2D eigenvalue weighted by molar-refractivity contribution is 6.30. The molecule has 0 spiro atoms. The van der Waals surface area contributed by atoms with Crippen molar-refractivity contribution in [3.05, 3.63) is 193 Å². The molecule has 9 nitrogen and oxygen atoms in total. The van der Waals surface area contributed by atoms with Crippen LogP contribution in [0.2, 0.25) is 0 Å². The van der Waals surface area contributed by atoms with E-state index in [2.05, 4.69) is 0 Å². The summed E-state index contributed by atoms with van der Waals surface area (Å²) < 4.78 is 0. The molecule has 0 aromatic heterocycles. The van der Waals surface area contributed by atoms with Gasteiger partial charge in [0.05, 0.1) is 5.56 Å². The molecule has 0 amide bonds. The van der Waals surface area contributed by atoms with Crippen LogP contribution in [-0.4, -0.2) is 50.0 Å². The standard InChI is InChI=1S/3C15H10O3.3C2H6.2CH4/c1-8-6-11-12(7-13(8)16)15(18)10-5-3-2-4-9(10)14(11)17;1-8-12(16)7-6-11-13(8)15(18)10-5-3-2-4-9(10)14(11)17;1-8-6-7-11-12(13(8)16)15(18)10-5-3-2-4-9(10)14(11)17;3*1-2;;/h3*2-7,16H,1H3;3*1-2H3;2*1H4. The number of aromatic hydroxyl groups is 3. The average molecular weight is 837 g/mol. The molecular formula is C53H56O9. The Labute approximate surface area is 364 Å². The fourth-order valence-electron chi connectivity index (χ4n) is 6.86. The van der Waals surface area contributed by atoms with Gasteiger partial charge in [-0.3, -0.25) is 28.8 Å². The van der Waals surface area contributed by atoms with E-state index in [0.717, 1.165) is 0 Å². The summed E-state index contributed by atoms with van der Waals surface area (Å²) in [5, 5.41) is 29.3. The van der Waals surface area contributed by atoms with Crippen LogP contribution in [0.4, 0.5) is 0 Å². The van der Waals surface area contributed by atoms with Crippen molar-refractivity contribution in [1.29, 1.82) is 0 Å². The van der Waals surface area contributed by atoms with E-state index in [1.807, 2.05) is 41.5 Å². The Hall–Kier alpha value is -7.26. The van der Waals surface area contributed by atoms with Crippen molar-refractivity contribution < 1.29 is 44.1 Å². The topological polar surface area (TPSA) is 163 Å². The lowest BCUT2D eigenvalue weighted by atomic mass is 9.82. The molecule has 0 atom stereocenters. The summed E-state index contributed by atoms with van der Waals surface area (Å²) >= 11 is 0. The summed E-state index contributed by atoms with van der Waals surface area (Å²) in [6.45, 7) is 17.1. The lowest BCUT2D eigenvalue weighted by molar-refractivity contribution is 0.0976. The van der Waals surface area contributed by atoms with Crippen LogP contribution in [0, 0.1) is 20.8 Å². The van der Waals surface area contributed by atoms with E-state index < -0.39 is 0 Å². The monoisotopic (exact) mass is 836 g/mol. The number of carbonyl (C=O) groups excluding carboxylic acids is 6. The Balaban J connectivity index is 0.000000297. The predicted molar refractivity (Wildman–Crippen MR) is 246 cm³/mol. The third-order valence-electron chi connectivity index (χ3n) is 9.83. The van der Waals surface area contributed by atoms with E-state index in [-0.39, 0.29) is 83.5 Å². The van der Waals surface area contributed by atoms with Crippen LogP contribution >= 0.6 is 0 Å². The average Bonchev–Trinajstić information content (AvgIpc) is 3.29. The van der Waals surface area contributed by atoms with Gasteiger partial charge in [-0.1, -0.05) is 135 Å². The van der Waals surface area contributed by atoms with Crippen molar-refractivity contribution in [3.63, 3.8) is 0 Å². The number of hydrogen-bond donors (Lipinski definition) is 3. The molecule has 3 N–H and O–H groups in total. The maximum atomic E-state index is 12.4. The third-order valence-corrected chi connectivity index (χ3v) is 9.83. The molecule has 3 aliphatic carbocycles. The quantitative estimate of drug-likeness (QED) is 0.135. The minimum Gasteiger partial charge on any atom is -0.508 e. The third kappa shape index (κ3) is 9.22. The molecule has 0 unspecified atom stereocenters. The molecule has 322 valence electrons. The lowest BCUT2D eigenvalue weighted by Crippen LogP contribution is -2.21. The van der Waals surface area contributed by atoms with Crippen molar-refractivity contribution in [2.24, 2.45) is 0 Å². The predicted octanol–water partition coefficient (Wildman–Crippen LogP) is 11.8. The highest BCUT2D eigenvalue weighted by Gasteiger charge is 2.33. The fraction of sp³-hybridized carbons (Fsp3) is 0.208. The molecule has 0 saturated carbocycles. The van der Waals surface area contributed by atoms with E-state index in [0.29, 0.717) is 66.8 Å². The molecule has 0 heterocycles. The van der Waals surface area contributed by atoms with E-state index in [1.54, 1.807) is 112 Å². The van der Waals surface area contributed by atoms with Crippen molar-refractivity contribution in [3.8, 4) is 17.2 Å². The van der Waals surface area contributed by atoms with Gasteiger partial charge in [-0.2, -0.15) is 0 Å². The molecular weight excluding hydrogens is 781 g/mol. The fourth-order valence-corrected chi connectivity index (χ4v) is 6.86. The highest BCUT2D eigenvalue weighted by atomic mass is 16.3. The molecule has 3 aliphatic rings. The van der Waals surface area contributed by atoms with Crippen molar-refractivity contribution >= 4 is 34.7 Å². The van der Waals surface area contributed by atoms with Gasteiger partial charge in [0.25, 0.3) is 0 Å². The van der Waals surface area contributed by atoms with Gasteiger partial charge in [0.15, 0.2) is 34.7 Å². The highest BCUT2D eigenvalue weighted by Crippen LogP contribution is 2.36. The zero-order valence-electron chi connectivity index (χ0n) is 35.2. The molecule has 9 heteroatoms. The van der Waals surface area contributed by atoms with Gasteiger partial charge in [-0.15, -0.1) is 0 Å². The van der Waals surface area contributed by atoms with Gasteiger partial charge in [-0.05, 0) is 62.2 Å². The van der Waals surface area contributed by atoms with Crippen LogP contribution in [-0.2, 0) is 0 Å². The first kappa shape index (κ1) is 50.9. The number of phenols is 3. The Bertz CT molecular complexity index is 2460. The van der Waals surface area contributed by atoms with Gasteiger partial charge in [-0.25, -0.2) is 0 Å². The summed E-state index contributed by atoms with van der Waals surface area (Å²) in [6, 6.07) is 29.3. The second kappa shape index (κ2) is 21.8. The number of ketones is 6. The molecule has 0 saturated heterocycles. The maximum Gasteiger partial charge on any atom is 0.198 e. The largest absolute Gasteiger partial charge is 0.508 e. The first-order valence-corrected chi connectivity index (χ1v) is 19.9. The van der Waals surface area contributed by atoms with E-state index in [4.69, 9.17) is 0 Å². The number of aryl methyl sites for hydroxylation is 2. The molecule has 62 heavy (non-hydrogen) atoms. The summed E-state index contributed by atoms with van der Waals surface area (Å²) in [5.74, 6) is -1.27. The molecule has 6 aromatic rings. The van der Waals surface area contributed by atoms with Gasteiger partial charge in [0, 0.05) is 66.8 Å². The summed E-state index contributed by atoms with van der Waals surface area (Å²) in [5.41, 5.74) is 5.81. The molecule has 0 fully saturated rings. The van der Waals surface area contributed by atoms with Crippen LogP contribution in [0.25, 0.3) is 0 Å². The van der Waals surface area contributed by atoms with Gasteiger partial charge in [0.1, 0.15) is 17.2 Å². The van der Waals surface area contributed by atoms with Crippen molar-refractivity contribution in [2.75, 3.05) is 0 Å². The Morgan fingerprint density at radius 3 is 1.06 bits per heavy atom. The number of carbonyl (C=O) groups is 6. The number of phenolic OH excluding ortho intramolecular Hbond substituents is 3. The van der Waals surface area contributed by atoms with Crippen LogP contribution in [0.1, 0.15) is 169 Å². The normalized spacial score (nSPS) is 11.8. The molecule has 0 radical (unpaired) electrons. The SMILES string of the molecule is C.C.CC.CC.CC.Cc1c(O)ccc2c1C(=O)c1ccccc1C2=O.Cc1cc2c(cc1O)C(=O)c1ccccc1C2=O.Cc1ccc2c(c1O)C(=O)c1ccccc1C2=O. The van der Waals surface area contributed by atoms with Crippen LogP contribution < -0.4 is 0 Å². The van der Waals surface area contributed by atoms with Crippen LogP contribution in [0.15, 0.2) is 109 Å². The van der Waals surface area contributed by atoms with E-state index >= 15 is 0 Å². The second-order valence-electron chi connectivity index (χ2n) is 13.1. The summed E-state index contributed by atoms with van der Waals surface area (Å²) in [4.78, 5) is 73.8. The molecule has 9 rings (SSSR count). The molecule has 6 aromatic carbocycles. The maximum absolute atomic E-state index is 12.4. The number of fused-ring (bicyclic) bond motifs is 6. The van der Waals surface area contributed by atoms with Gasteiger partial charge in [0.2, 0.25) is 0 Å².